The third kappa shape index (κ3) is 2.43. The summed E-state index contributed by atoms with van der Waals surface area (Å²) in [7, 11) is 1.75. The van der Waals surface area contributed by atoms with Crippen LogP contribution < -0.4 is 5.73 Å². The first-order valence-electron chi connectivity index (χ1n) is 5.73. The number of ether oxygens (including phenoxy) is 1. The zero-order valence-corrected chi connectivity index (χ0v) is 9.86. The quantitative estimate of drug-likeness (QED) is 0.807. The summed E-state index contributed by atoms with van der Waals surface area (Å²) in [6.45, 7) is 4.60. The maximum Gasteiger partial charge on any atom is 0.0555 e. The summed E-state index contributed by atoms with van der Waals surface area (Å²) in [5.74, 6) is 0. The lowest BCUT2D eigenvalue weighted by molar-refractivity contribution is -0.0516. The molecule has 1 aliphatic heterocycles. The van der Waals surface area contributed by atoms with Crippen LogP contribution in [0.2, 0.25) is 0 Å². The van der Waals surface area contributed by atoms with Gasteiger partial charge in [0, 0.05) is 38.7 Å². The fourth-order valence-electron chi connectivity index (χ4n) is 2.44. The molecule has 0 spiro atoms. The first-order chi connectivity index (χ1) is 7.78. The van der Waals surface area contributed by atoms with Crippen molar-refractivity contribution in [2.24, 2.45) is 11.1 Å². The number of nitrogens with two attached hydrogens (primary N) is 1. The number of benzene rings is 1. The molecule has 3 heteroatoms. The molecule has 2 N–H and O–H groups in total. The summed E-state index contributed by atoms with van der Waals surface area (Å²) in [5.41, 5.74) is 7.37. The van der Waals surface area contributed by atoms with Crippen LogP contribution in [0.15, 0.2) is 30.3 Å². The maximum absolute atomic E-state index is 5.80. The third-order valence-electron chi connectivity index (χ3n) is 3.25. The van der Waals surface area contributed by atoms with Crippen LogP contribution in [0, 0.1) is 5.41 Å². The minimum absolute atomic E-state index is 0.198. The van der Waals surface area contributed by atoms with E-state index in [2.05, 4.69) is 35.2 Å². The second-order valence-corrected chi connectivity index (χ2v) is 4.77. The standard InChI is InChI=1S/C13H20N2O/c1-16-11-13(8-14)9-15(10-13)7-12-5-3-2-4-6-12/h2-6H,7-11,14H2,1H3. The summed E-state index contributed by atoms with van der Waals surface area (Å²) in [6.07, 6.45) is 0. The summed E-state index contributed by atoms with van der Waals surface area (Å²) in [6, 6.07) is 10.5. The van der Waals surface area contributed by atoms with Crippen molar-refractivity contribution in [1.82, 2.24) is 4.90 Å². The molecule has 1 heterocycles. The first-order valence-corrected chi connectivity index (χ1v) is 5.73. The van der Waals surface area contributed by atoms with Crippen LogP contribution in [0.25, 0.3) is 0 Å². The predicted octanol–water partition coefficient (Wildman–Crippen LogP) is 1.09. The van der Waals surface area contributed by atoms with Gasteiger partial charge in [0.15, 0.2) is 0 Å². The normalized spacial score (nSPS) is 19.4. The Morgan fingerprint density at radius 3 is 2.56 bits per heavy atom. The van der Waals surface area contributed by atoms with Crippen LogP contribution in [-0.4, -0.2) is 38.3 Å². The second-order valence-electron chi connectivity index (χ2n) is 4.77. The maximum atomic E-state index is 5.80. The minimum Gasteiger partial charge on any atom is -0.384 e. The van der Waals surface area contributed by atoms with E-state index in [1.807, 2.05) is 0 Å². The highest BCUT2D eigenvalue weighted by molar-refractivity contribution is 5.15. The fourth-order valence-corrected chi connectivity index (χ4v) is 2.44. The molecule has 1 aromatic rings. The molecule has 1 aromatic carbocycles. The van der Waals surface area contributed by atoms with Crippen LogP contribution in [-0.2, 0) is 11.3 Å². The molecule has 2 rings (SSSR count). The molecule has 0 unspecified atom stereocenters. The molecule has 0 atom stereocenters. The summed E-state index contributed by atoms with van der Waals surface area (Å²) >= 11 is 0. The Labute approximate surface area is 97.2 Å². The average molecular weight is 220 g/mol. The molecular weight excluding hydrogens is 200 g/mol. The number of hydrogen-bond acceptors (Lipinski definition) is 3. The number of nitrogens with zero attached hydrogens (tertiary/aromatic N) is 1. The highest BCUT2D eigenvalue weighted by atomic mass is 16.5. The molecule has 1 saturated heterocycles. The third-order valence-corrected chi connectivity index (χ3v) is 3.25. The van der Waals surface area contributed by atoms with Gasteiger partial charge in [-0.15, -0.1) is 0 Å². The topological polar surface area (TPSA) is 38.5 Å². The molecule has 0 saturated carbocycles. The minimum atomic E-state index is 0.198. The van der Waals surface area contributed by atoms with Gasteiger partial charge in [0.05, 0.1) is 6.61 Å². The van der Waals surface area contributed by atoms with E-state index >= 15 is 0 Å². The zero-order valence-electron chi connectivity index (χ0n) is 9.86. The Kier molecular flexibility index (Phi) is 3.59. The highest BCUT2D eigenvalue weighted by Crippen LogP contribution is 2.30. The Bertz CT molecular complexity index is 320. The Morgan fingerprint density at radius 2 is 2.00 bits per heavy atom. The molecule has 16 heavy (non-hydrogen) atoms. The Balaban J connectivity index is 1.84. The smallest absolute Gasteiger partial charge is 0.0555 e. The largest absolute Gasteiger partial charge is 0.384 e. The van der Waals surface area contributed by atoms with Gasteiger partial charge in [0.25, 0.3) is 0 Å². The van der Waals surface area contributed by atoms with E-state index in [4.69, 9.17) is 10.5 Å². The van der Waals surface area contributed by atoms with Crippen LogP contribution in [0.5, 0.6) is 0 Å². The highest BCUT2D eigenvalue weighted by Gasteiger charge is 2.41. The summed E-state index contributed by atoms with van der Waals surface area (Å²) in [5, 5.41) is 0. The molecule has 0 aromatic heterocycles. The molecular formula is C13H20N2O. The van der Waals surface area contributed by atoms with E-state index in [9.17, 15) is 0 Å². The van der Waals surface area contributed by atoms with Gasteiger partial charge in [0.1, 0.15) is 0 Å². The van der Waals surface area contributed by atoms with Gasteiger partial charge < -0.3 is 10.5 Å². The van der Waals surface area contributed by atoms with Crippen molar-refractivity contribution in [2.75, 3.05) is 33.4 Å². The van der Waals surface area contributed by atoms with Crippen LogP contribution in [0.4, 0.5) is 0 Å². The van der Waals surface area contributed by atoms with E-state index < -0.39 is 0 Å². The van der Waals surface area contributed by atoms with E-state index in [-0.39, 0.29) is 5.41 Å². The lowest BCUT2D eigenvalue weighted by Gasteiger charge is -2.49. The van der Waals surface area contributed by atoms with Crippen molar-refractivity contribution in [2.45, 2.75) is 6.54 Å². The van der Waals surface area contributed by atoms with Crippen molar-refractivity contribution in [3.05, 3.63) is 35.9 Å². The predicted molar refractivity (Wildman–Crippen MR) is 65.1 cm³/mol. The van der Waals surface area contributed by atoms with Crippen LogP contribution in [0.1, 0.15) is 5.56 Å². The molecule has 0 amide bonds. The number of methoxy groups -OCH3 is 1. The Morgan fingerprint density at radius 1 is 1.31 bits per heavy atom. The fraction of sp³-hybridized carbons (Fsp3) is 0.538. The van der Waals surface area contributed by atoms with E-state index in [0.29, 0.717) is 6.54 Å². The van der Waals surface area contributed by atoms with Crippen molar-refractivity contribution >= 4 is 0 Å². The number of rotatable bonds is 5. The van der Waals surface area contributed by atoms with Gasteiger partial charge in [0.2, 0.25) is 0 Å². The van der Waals surface area contributed by atoms with Crippen molar-refractivity contribution in [3.8, 4) is 0 Å². The monoisotopic (exact) mass is 220 g/mol. The molecule has 0 bridgehead atoms. The zero-order chi connectivity index (χ0) is 11.4. The number of likely N-dealkylation sites (tertiary alicyclic amines) is 1. The van der Waals surface area contributed by atoms with Crippen LogP contribution in [0.3, 0.4) is 0 Å². The van der Waals surface area contributed by atoms with Crippen molar-refractivity contribution in [1.29, 1.82) is 0 Å². The molecule has 1 fully saturated rings. The molecule has 88 valence electrons. The van der Waals surface area contributed by atoms with Gasteiger partial charge in [-0.2, -0.15) is 0 Å². The van der Waals surface area contributed by atoms with Gasteiger partial charge in [-0.3, -0.25) is 4.90 Å². The van der Waals surface area contributed by atoms with Crippen molar-refractivity contribution < 1.29 is 4.74 Å². The van der Waals surface area contributed by atoms with E-state index in [0.717, 1.165) is 26.2 Å². The number of hydrogen-bond donors (Lipinski definition) is 1. The first kappa shape index (κ1) is 11.6. The van der Waals surface area contributed by atoms with Gasteiger partial charge in [-0.25, -0.2) is 0 Å². The summed E-state index contributed by atoms with van der Waals surface area (Å²) in [4.78, 5) is 2.42. The van der Waals surface area contributed by atoms with Gasteiger partial charge in [-0.1, -0.05) is 30.3 Å². The van der Waals surface area contributed by atoms with E-state index in [1.54, 1.807) is 7.11 Å². The second kappa shape index (κ2) is 4.95. The molecule has 0 radical (unpaired) electrons. The van der Waals surface area contributed by atoms with E-state index in [1.165, 1.54) is 5.56 Å². The SMILES string of the molecule is COCC1(CN)CN(Cc2ccccc2)C1. The lowest BCUT2D eigenvalue weighted by atomic mass is 9.80. The molecule has 0 aliphatic carbocycles. The lowest BCUT2D eigenvalue weighted by Crippen LogP contribution is -2.61. The summed E-state index contributed by atoms with van der Waals surface area (Å²) < 4.78 is 5.23. The average Bonchev–Trinajstić information content (AvgIpc) is 2.27. The van der Waals surface area contributed by atoms with Crippen molar-refractivity contribution in [3.63, 3.8) is 0 Å². The van der Waals surface area contributed by atoms with Gasteiger partial charge in [-0.05, 0) is 5.56 Å². The molecule has 3 nitrogen and oxygen atoms in total. The van der Waals surface area contributed by atoms with Crippen LogP contribution >= 0.6 is 0 Å². The van der Waals surface area contributed by atoms with Gasteiger partial charge >= 0.3 is 0 Å². The molecule has 1 aliphatic rings. The Hall–Kier alpha value is -0.900.